The molecule has 0 radical (unpaired) electrons. The molecule has 4 rings (SSSR count). The molecule has 8 heteroatoms. The molecule has 26 heavy (non-hydrogen) atoms. The second kappa shape index (κ2) is 6.77. The van der Waals surface area contributed by atoms with Crippen LogP contribution in [-0.4, -0.2) is 15.1 Å². The highest BCUT2D eigenvalue weighted by atomic mass is 79.9. The molecule has 1 N–H and O–H groups in total. The molecule has 2 heterocycles. The molecule has 0 saturated carbocycles. The van der Waals surface area contributed by atoms with E-state index in [4.69, 9.17) is 4.52 Å². The van der Waals surface area contributed by atoms with E-state index in [-0.39, 0.29) is 29.5 Å². The Morgan fingerprint density at radius 2 is 1.85 bits per heavy atom. The van der Waals surface area contributed by atoms with Crippen molar-refractivity contribution in [3.05, 3.63) is 79.0 Å². The van der Waals surface area contributed by atoms with Gasteiger partial charge in [-0.25, -0.2) is 4.39 Å². The van der Waals surface area contributed by atoms with Crippen LogP contribution in [0.15, 0.2) is 60.7 Å². The van der Waals surface area contributed by atoms with E-state index < -0.39 is 0 Å². The zero-order valence-electron chi connectivity index (χ0n) is 13.1. The van der Waals surface area contributed by atoms with Crippen LogP contribution in [0.5, 0.6) is 0 Å². The Labute approximate surface area is 163 Å². The van der Waals surface area contributed by atoms with Crippen LogP contribution in [0.2, 0.25) is 0 Å². The molecule has 2 aromatic heterocycles. The number of hydrogen-bond acceptors (Lipinski definition) is 4. The number of halogens is 3. The van der Waals surface area contributed by atoms with Gasteiger partial charge in [0.05, 0.1) is 12.0 Å². The maximum absolute atomic E-state index is 14.0. The molecule has 4 aromatic rings. The van der Waals surface area contributed by atoms with Crippen LogP contribution in [0, 0.1) is 5.82 Å². The smallest absolute Gasteiger partial charge is 0.259 e. The van der Waals surface area contributed by atoms with Gasteiger partial charge in [0, 0.05) is 19.8 Å². The van der Waals surface area contributed by atoms with E-state index in [2.05, 4.69) is 47.0 Å². The molecule has 0 fully saturated rings. The van der Waals surface area contributed by atoms with E-state index in [0.29, 0.717) is 21.1 Å². The first-order chi connectivity index (χ1) is 12.5. The fourth-order valence-corrected chi connectivity index (χ4v) is 3.32. The average Bonchev–Trinajstić information content (AvgIpc) is 3.05. The Hall–Kier alpha value is -2.32. The third-order valence-corrected chi connectivity index (χ3v) is 4.86. The Bertz CT molecular complexity index is 1190. The van der Waals surface area contributed by atoms with Crippen molar-refractivity contribution >= 4 is 42.8 Å². The summed E-state index contributed by atoms with van der Waals surface area (Å²) in [6.45, 7) is 0. The summed E-state index contributed by atoms with van der Waals surface area (Å²) in [6.07, 6.45) is 0.142. The topological polar surface area (TPSA) is 71.8 Å². The summed E-state index contributed by atoms with van der Waals surface area (Å²) in [7, 11) is 0. The van der Waals surface area contributed by atoms with Gasteiger partial charge in [-0.15, -0.1) is 0 Å². The van der Waals surface area contributed by atoms with E-state index in [1.807, 2.05) is 18.2 Å². The largest absolute Gasteiger partial charge is 0.339 e. The van der Waals surface area contributed by atoms with Crippen LogP contribution in [0.25, 0.3) is 22.3 Å². The van der Waals surface area contributed by atoms with Gasteiger partial charge in [-0.1, -0.05) is 43.1 Å². The van der Waals surface area contributed by atoms with E-state index in [1.54, 1.807) is 18.2 Å². The molecular formula is C18H10Br2FN3O2. The van der Waals surface area contributed by atoms with E-state index in [0.717, 1.165) is 9.86 Å². The number of fused-ring (bicyclic) bond motifs is 1. The molecule has 0 aliphatic carbocycles. The van der Waals surface area contributed by atoms with Crippen LogP contribution in [0.1, 0.15) is 11.5 Å². The monoisotopic (exact) mass is 477 g/mol. The molecule has 0 amide bonds. The lowest BCUT2D eigenvalue weighted by molar-refractivity contribution is 0.384. The van der Waals surface area contributed by atoms with Crippen molar-refractivity contribution in [2.45, 2.75) is 6.42 Å². The third-order valence-electron chi connectivity index (χ3n) is 3.87. The quantitative estimate of drug-likeness (QED) is 0.457. The normalized spacial score (nSPS) is 11.2. The first-order valence-corrected chi connectivity index (χ1v) is 9.18. The second-order valence-corrected chi connectivity index (χ2v) is 7.50. The van der Waals surface area contributed by atoms with E-state index in [9.17, 15) is 9.18 Å². The van der Waals surface area contributed by atoms with Crippen LogP contribution < -0.4 is 5.56 Å². The Balaban J connectivity index is 1.70. The summed E-state index contributed by atoms with van der Waals surface area (Å²) in [5.41, 5.74) is 1.12. The minimum atomic E-state index is -0.368. The SMILES string of the molecule is O=c1[nH]c2ccc(Br)cc2cc1-c1noc(Cc2ccc(Br)cc2F)n1. The maximum Gasteiger partial charge on any atom is 0.259 e. The zero-order chi connectivity index (χ0) is 18.3. The van der Waals surface area contributed by atoms with Crippen LogP contribution >= 0.6 is 31.9 Å². The van der Waals surface area contributed by atoms with E-state index in [1.165, 1.54) is 6.07 Å². The maximum atomic E-state index is 14.0. The highest BCUT2D eigenvalue weighted by Crippen LogP contribution is 2.22. The van der Waals surface area contributed by atoms with Crippen molar-refractivity contribution in [3.63, 3.8) is 0 Å². The summed E-state index contributed by atoms with van der Waals surface area (Å²) in [4.78, 5) is 19.4. The molecule has 2 aromatic carbocycles. The van der Waals surface area contributed by atoms with Gasteiger partial charge in [-0.2, -0.15) is 4.98 Å². The number of pyridine rings is 1. The van der Waals surface area contributed by atoms with Crippen molar-refractivity contribution < 1.29 is 8.91 Å². The molecule has 130 valence electrons. The molecule has 0 aliphatic rings. The zero-order valence-corrected chi connectivity index (χ0v) is 16.3. The molecule has 0 bridgehead atoms. The highest BCUT2D eigenvalue weighted by Gasteiger charge is 2.15. The fourth-order valence-electron chi connectivity index (χ4n) is 2.61. The van der Waals surface area contributed by atoms with Crippen molar-refractivity contribution in [2.24, 2.45) is 0 Å². The number of benzene rings is 2. The van der Waals surface area contributed by atoms with Gasteiger partial charge in [0.2, 0.25) is 11.7 Å². The Morgan fingerprint density at radius 1 is 1.08 bits per heavy atom. The third kappa shape index (κ3) is 3.34. The molecule has 0 unspecified atom stereocenters. The van der Waals surface area contributed by atoms with Crippen molar-refractivity contribution in [3.8, 4) is 11.4 Å². The lowest BCUT2D eigenvalue weighted by Gasteiger charge is -2.01. The van der Waals surface area contributed by atoms with Crippen molar-refractivity contribution in [2.75, 3.05) is 0 Å². The number of nitrogens with zero attached hydrogens (tertiary/aromatic N) is 2. The van der Waals surface area contributed by atoms with Crippen molar-refractivity contribution in [1.29, 1.82) is 0 Å². The summed E-state index contributed by atoms with van der Waals surface area (Å²) in [6, 6.07) is 12.0. The first kappa shape index (κ1) is 17.1. The lowest BCUT2D eigenvalue weighted by atomic mass is 10.1. The molecule has 0 spiro atoms. The van der Waals surface area contributed by atoms with Gasteiger partial charge in [0.25, 0.3) is 5.56 Å². The standard InChI is InChI=1S/C18H10Br2FN3O2/c19-11-3-4-15-10(5-11)6-13(18(25)22-15)17-23-16(26-24-17)7-9-1-2-12(20)8-14(9)21/h1-6,8H,7H2,(H,22,25). The summed E-state index contributed by atoms with van der Waals surface area (Å²) in [5, 5.41) is 4.70. The van der Waals surface area contributed by atoms with Gasteiger partial charge in [-0.05, 0) is 42.0 Å². The van der Waals surface area contributed by atoms with Crippen LogP contribution in [-0.2, 0) is 6.42 Å². The van der Waals surface area contributed by atoms with Crippen LogP contribution in [0.3, 0.4) is 0 Å². The number of H-pyrrole nitrogens is 1. The predicted octanol–water partition coefficient (Wildman–Crippen LogP) is 4.83. The summed E-state index contributed by atoms with van der Waals surface area (Å²) in [5.74, 6) is 0.0307. The average molecular weight is 479 g/mol. The second-order valence-electron chi connectivity index (χ2n) is 5.67. The minimum absolute atomic E-state index is 0.142. The van der Waals surface area contributed by atoms with E-state index >= 15 is 0 Å². The molecule has 5 nitrogen and oxygen atoms in total. The number of aromatic amines is 1. The van der Waals surface area contributed by atoms with Crippen molar-refractivity contribution in [1.82, 2.24) is 15.1 Å². The lowest BCUT2D eigenvalue weighted by Crippen LogP contribution is -2.09. The summed E-state index contributed by atoms with van der Waals surface area (Å²) >= 11 is 6.62. The summed E-state index contributed by atoms with van der Waals surface area (Å²) < 4.78 is 20.7. The van der Waals surface area contributed by atoms with Gasteiger partial charge >= 0.3 is 0 Å². The molecule has 0 aliphatic heterocycles. The first-order valence-electron chi connectivity index (χ1n) is 7.59. The number of aromatic nitrogens is 3. The number of nitrogens with one attached hydrogen (secondary N) is 1. The Kier molecular flexibility index (Phi) is 4.46. The van der Waals surface area contributed by atoms with Gasteiger partial charge in [-0.3, -0.25) is 4.79 Å². The number of rotatable bonds is 3. The fraction of sp³-hybridized carbons (Fsp3) is 0.0556. The Morgan fingerprint density at radius 3 is 2.65 bits per heavy atom. The molecule has 0 saturated heterocycles. The van der Waals surface area contributed by atoms with Gasteiger partial charge in [0.15, 0.2) is 0 Å². The molecule has 0 atom stereocenters. The van der Waals surface area contributed by atoms with Gasteiger partial charge in [0.1, 0.15) is 5.82 Å². The van der Waals surface area contributed by atoms with Crippen LogP contribution in [0.4, 0.5) is 4.39 Å². The number of hydrogen-bond donors (Lipinski definition) is 1. The highest BCUT2D eigenvalue weighted by molar-refractivity contribution is 9.10. The predicted molar refractivity (Wildman–Crippen MR) is 102 cm³/mol. The minimum Gasteiger partial charge on any atom is -0.339 e. The molecular weight excluding hydrogens is 469 g/mol. The van der Waals surface area contributed by atoms with Gasteiger partial charge < -0.3 is 9.51 Å².